The van der Waals surface area contributed by atoms with Crippen LogP contribution in [0.1, 0.15) is 16.8 Å². The number of nitrogen functional groups attached to an aromatic ring is 1. The summed E-state index contributed by atoms with van der Waals surface area (Å²) in [4.78, 5) is 4.41. The third-order valence-corrected chi connectivity index (χ3v) is 4.58. The van der Waals surface area contributed by atoms with E-state index in [1.807, 2.05) is 17.8 Å². The highest BCUT2D eigenvalue weighted by molar-refractivity contribution is 5.99. The van der Waals surface area contributed by atoms with Gasteiger partial charge in [-0.3, -0.25) is 0 Å². The zero-order valence-corrected chi connectivity index (χ0v) is 13.2. The van der Waals surface area contributed by atoms with E-state index >= 15 is 0 Å². The third kappa shape index (κ3) is 2.06. The molecule has 120 valence electrons. The molecule has 3 aromatic rings. The first-order valence-electron chi connectivity index (χ1n) is 7.77. The van der Waals surface area contributed by atoms with Gasteiger partial charge in [-0.2, -0.15) is 5.26 Å². The fraction of sp³-hybridized carbons (Fsp3) is 0.222. The first kappa shape index (κ1) is 14.7. The van der Waals surface area contributed by atoms with Crippen LogP contribution in [0.3, 0.4) is 0 Å². The molecule has 0 atom stereocenters. The van der Waals surface area contributed by atoms with Gasteiger partial charge >= 0.3 is 0 Å². The van der Waals surface area contributed by atoms with Crippen LogP contribution in [0.15, 0.2) is 24.4 Å². The lowest BCUT2D eigenvalue weighted by Crippen LogP contribution is -2.26. The van der Waals surface area contributed by atoms with E-state index < -0.39 is 0 Å². The Balaban J connectivity index is 2.12. The molecule has 3 heterocycles. The Bertz CT molecular complexity index is 1010. The first-order valence-corrected chi connectivity index (χ1v) is 7.77. The minimum Gasteiger partial charge on any atom is -0.383 e. The second kappa shape index (κ2) is 5.32. The van der Waals surface area contributed by atoms with E-state index in [0.717, 1.165) is 46.3 Å². The molecular formula is C18H16FN5. The molecule has 0 spiro atoms. The molecule has 0 fully saturated rings. The Morgan fingerprint density at radius 3 is 3.04 bits per heavy atom. The molecule has 2 aromatic heterocycles. The Kier molecular flexibility index (Phi) is 3.25. The monoisotopic (exact) mass is 321 g/mol. The second-order valence-electron chi connectivity index (χ2n) is 6.03. The van der Waals surface area contributed by atoms with Crippen molar-refractivity contribution in [3.8, 4) is 17.2 Å². The number of nitriles is 1. The molecule has 5 nitrogen and oxygen atoms in total. The van der Waals surface area contributed by atoms with Crippen molar-refractivity contribution < 1.29 is 4.39 Å². The number of hydrogen-bond acceptors (Lipinski definition) is 4. The number of halogens is 1. The highest BCUT2D eigenvalue weighted by Crippen LogP contribution is 2.38. The number of nitrogens with two attached hydrogens (primary N) is 1. The van der Waals surface area contributed by atoms with Gasteiger partial charge in [0.25, 0.3) is 0 Å². The molecule has 0 bridgehead atoms. The number of pyridine rings is 1. The maximum Gasteiger partial charge on any atom is 0.142 e. The minimum absolute atomic E-state index is 0.238. The standard InChI is InChI=1S/C18H16FN5/c1-24-9-14(11-6-10(19)2-3-16(11)24)17-12(7-20)18(21)23-15-4-5-22-8-13(15)17/h2-3,6,9,22H,4-5,8H2,1H3,(H2,21,23). The van der Waals surface area contributed by atoms with Crippen molar-refractivity contribution in [2.45, 2.75) is 13.0 Å². The van der Waals surface area contributed by atoms with Crippen molar-refractivity contribution in [1.82, 2.24) is 14.9 Å². The molecule has 0 amide bonds. The van der Waals surface area contributed by atoms with Crippen LogP contribution in [-0.2, 0) is 20.0 Å². The normalized spacial score (nSPS) is 13.7. The summed E-state index contributed by atoms with van der Waals surface area (Å²) < 4.78 is 15.8. The summed E-state index contributed by atoms with van der Waals surface area (Å²) in [6.07, 6.45) is 2.69. The third-order valence-electron chi connectivity index (χ3n) is 4.58. The largest absolute Gasteiger partial charge is 0.383 e. The van der Waals surface area contributed by atoms with E-state index in [1.165, 1.54) is 12.1 Å². The fourth-order valence-corrected chi connectivity index (χ4v) is 3.48. The lowest BCUT2D eigenvalue weighted by Gasteiger charge is -2.21. The SMILES string of the molecule is Cn1cc(-c2c(C#N)c(N)nc3c2CNCC3)c2cc(F)ccc21. The van der Waals surface area contributed by atoms with Gasteiger partial charge in [0.1, 0.15) is 23.3 Å². The molecular weight excluding hydrogens is 305 g/mol. The van der Waals surface area contributed by atoms with Crippen molar-refractivity contribution >= 4 is 16.7 Å². The molecule has 24 heavy (non-hydrogen) atoms. The van der Waals surface area contributed by atoms with Gasteiger partial charge < -0.3 is 15.6 Å². The van der Waals surface area contributed by atoms with E-state index in [1.54, 1.807) is 6.07 Å². The zero-order valence-electron chi connectivity index (χ0n) is 13.2. The average molecular weight is 321 g/mol. The topological polar surface area (TPSA) is 79.7 Å². The molecule has 3 N–H and O–H groups in total. The molecule has 0 saturated carbocycles. The lowest BCUT2D eigenvalue weighted by molar-refractivity contribution is 0.629. The van der Waals surface area contributed by atoms with Crippen molar-refractivity contribution in [1.29, 1.82) is 5.26 Å². The van der Waals surface area contributed by atoms with Crippen LogP contribution in [0.25, 0.3) is 22.0 Å². The molecule has 0 aliphatic carbocycles. The number of benzene rings is 1. The summed E-state index contributed by atoms with van der Waals surface area (Å²) >= 11 is 0. The van der Waals surface area contributed by atoms with Gasteiger partial charge in [0.05, 0.1) is 0 Å². The van der Waals surface area contributed by atoms with Crippen molar-refractivity contribution in [2.75, 3.05) is 12.3 Å². The van der Waals surface area contributed by atoms with Crippen molar-refractivity contribution in [2.24, 2.45) is 7.05 Å². The summed E-state index contributed by atoms with van der Waals surface area (Å²) in [6.45, 7) is 1.45. The van der Waals surface area contributed by atoms with Gasteiger partial charge in [0, 0.05) is 60.5 Å². The quantitative estimate of drug-likeness (QED) is 0.721. The smallest absolute Gasteiger partial charge is 0.142 e. The van der Waals surface area contributed by atoms with Crippen LogP contribution >= 0.6 is 0 Å². The van der Waals surface area contributed by atoms with Crippen molar-refractivity contribution in [3.63, 3.8) is 0 Å². The Hall–Kier alpha value is -2.91. The molecule has 1 aromatic carbocycles. The second-order valence-corrected chi connectivity index (χ2v) is 6.03. The Labute approximate surface area is 138 Å². The molecule has 0 radical (unpaired) electrons. The highest BCUT2D eigenvalue weighted by Gasteiger charge is 2.24. The predicted molar refractivity (Wildman–Crippen MR) is 90.6 cm³/mol. The number of anilines is 1. The molecule has 0 saturated heterocycles. The van der Waals surface area contributed by atoms with Crippen LogP contribution in [0.5, 0.6) is 0 Å². The van der Waals surface area contributed by atoms with E-state index in [0.29, 0.717) is 12.1 Å². The number of hydrogen-bond donors (Lipinski definition) is 2. The minimum atomic E-state index is -0.303. The summed E-state index contributed by atoms with van der Waals surface area (Å²) in [5.41, 5.74) is 10.8. The maximum atomic E-state index is 13.8. The van der Waals surface area contributed by atoms with Gasteiger partial charge in [-0.05, 0) is 23.8 Å². The van der Waals surface area contributed by atoms with E-state index in [4.69, 9.17) is 5.73 Å². The van der Waals surface area contributed by atoms with Gasteiger partial charge in [-0.1, -0.05) is 0 Å². The van der Waals surface area contributed by atoms with E-state index in [9.17, 15) is 9.65 Å². The molecule has 4 rings (SSSR count). The van der Waals surface area contributed by atoms with Gasteiger partial charge in [0.2, 0.25) is 0 Å². The van der Waals surface area contributed by atoms with Crippen LogP contribution < -0.4 is 11.1 Å². The Morgan fingerprint density at radius 1 is 1.42 bits per heavy atom. The van der Waals surface area contributed by atoms with Crippen LogP contribution in [-0.4, -0.2) is 16.1 Å². The maximum absolute atomic E-state index is 13.8. The summed E-state index contributed by atoms with van der Waals surface area (Å²) in [5.74, 6) is -0.0657. The molecule has 1 aliphatic heterocycles. The number of fused-ring (bicyclic) bond motifs is 2. The number of nitrogens with one attached hydrogen (secondary N) is 1. The van der Waals surface area contributed by atoms with Gasteiger partial charge in [-0.15, -0.1) is 0 Å². The summed E-state index contributed by atoms with van der Waals surface area (Å²) in [5, 5.41) is 13.7. The number of rotatable bonds is 1. The van der Waals surface area contributed by atoms with Crippen LogP contribution in [0.4, 0.5) is 10.2 Å². The Morgan fingerprint density at radius 2 is 2.25 bits per heavy atom. The van der Waals surface area contributed by atoms with E-state index in [-0.39, 0.29) is 11.6 Å². The highest BCUT2D eigenvalue weighted by atomic mass is 19.1. The lowest BCUT2D eigenvalue weighted by atomic mass is 9.91. The average Bonchev–Trinajstić information content (AvgIpc) is 2.89. The number of aromatic nitrogens is 2. The summed E-state index contributed by atoms with van der Waals surface area (Å²) in [7, 11) is 1.91. The van der Waals surface area contributed by atoms with Crippen molar-refractivity contribution in [3.05, 3.63) is 47.0 Å². The van der Waals surface area contributed by atoms with Crippen LogP contribution in [0, 0.1) is 17.1 Å². The van der Waals surface area contributed by atoms with E-state index in [2.05, 4.69) is 16.4 Å². The number of nitrogens with zero attached hydrogens (tertiary/aromatic N) is 3. The molecule has 0 unspecified atom stereocenters. The molecule has 6 heteroatoms. The fourth-order valence-electron chi connectivity index (χ4n) is 3.48. The van der Waals surface area contributed by atoms with Crippen LogP contribution in [0.2, 0.25) is 0 Å². The molecule has 1 aliphatic rings. The summed E-state index contributed by atoms with van der Waals surface area (Å²) in [6, 6.07) is 6.87. The predicted octanol–water partition coefficient (Wildman–Crippen LogP) is 2.48. The first-order chi connectivity index (χ1) is 11.6. The number of aryl methyl sites for hydroxylation is 1. The zero-order chi connectivity index (χ0) is 16.8. The van der Waals surface area contributed by atoms with Gasteiger partial charge in [0.15, 0.2) is 0 Å². The van der Waals surface area contributed by atoms with Gasteiger partial charge in [-0.25, -0.2) is 9.37 Å².